The van der Waals surface area contributed by atoms with E-state index in [1.54, 1.807) is 12.1 Å². The summed E-state index contributed by atoms with van der Waals surface area (Å²) >= 11 is 0. The minimum Gasteiger partial charge on any atom is -0.467 e. The highest BCUT2D eigenvalue weighted by Gasteiger charge is 1.85. The molecule has 1 aromatic rings. The van der Waals surface area contributed by atoms with Gasteiger partial charge in [0.05, 0.1) is 6.26 Å². The summed E-state index contributed by atoms with van der Waals surface area (Å²) in [5, 5.41) is 8.33. The Bertz CT molecular complexity index is 125. The second-order valence-corrected chi connectivity index (χ2v) is 1.24. The molecule has 0 amide bonds. The van der Waals surface area contributed by atoms with E-state index < -0.39 is 0 Å². The molecule has 0 radical (unpaired) electrons. The van der Waals surface area contributed by atoms with E-state index in [0.29, 0.717) is 5.76 Å². The average molecular weight is 135 g/mol. The lowest BCUT2D eigenvalue weighted by Gasteiger charge is -1.79. The van der Waals surface area contributed by atoms with Gasteiger partial charge in [0.15, 0.2) is 0 Å². The summed E-state index contributed by atoms with van der Waals surface area (Å²) in [6.45, 7) is -0.00694. The van der Waals surface area contributed by atoms with Crippen molar-refractivity contribution in [2.24, 2.45) is 0 Å². The van der Waals surface area contributed by atoms with Gasteiger partial charge in [-0.1, -0.05) is 0 Å². The van der Waals surface area contributed by atoms with Gasteiger partial charge in [0.2, 0.25) is 0 Å². The van der Waals surface area contributed by atoms with E-state index in [1.807, 2.05) is 0 Å². The van der Waals surface area contributed by atoms with Crippen molar-refractivity contribution in [3.05, 3.63) is 24.2 Å². The van der Waals surface area contributed by atoms with Crippen LogP contribution in [0.1, 0.15) is 5.76 Å². The zero-order chi connectivity index (χ0) is 5.11. The van der Waals surface area contributed by atoms with Crippen molar-refractivity contribution < 1.29 is 9.52 Å². The lowest BCUT2D eigenvalue weighted by atomic mass is 10.5. The molecule has 2 nitrogen and oxygen atoms in total. The predicted molar refractivity (Wildman–Crippen MR) is 31.9 cm³/mol. The van der Waals surface area contributed by atoms with Crippen LogP contribution in [-0.4, -0.2) is 5.11 Å². The van der Waals surface area contributed by atoms with Crippen LogP contribution in [0, 0.1) is 0 Å². The smallest absolute Gasteiger partial charge is 0.129 e. The summed E-state index contributed by atoms with van der Waals surface area (Å²) in [7, 11) is 0. The van der Waals surface area contributed by atoms with Crippen LogP contribution < -0.4 is 0 Å². The van der Waals surface area contributed by atoms with E-state index in [9.17, 15) is 0 Å². The van der Waals surface area contributed by atoms with Crippen molar-refractivity contribution in [3.8, 4) is 0 Å². The summed E-state index contributed by atoms with van der Waals surface area (Å²) < 4.78 is 4.73. The van der Waals surface area contributed by atoms with E-state index in [0.717, 1.165) is 0 Å². The van der Waals surface area contributed by atoms with E-state index in [-0.39, 0.29) is 19.0 Å². The Balaban J connectivity index is 0.000000490. The molecule has 1 heterocycles. The van der Waals surface area contributed by atoms with Crippen LogP contribution in [0.25, 0.3) is 0 Å². The van der Waals surface area contributed by atoms with Gasteiger partial charge < -0.3 is 9.52 Å². The number of halogens is 1. The molecule has 0 aliphatic carbocycles. The monoisotopic (exact) mass is 134 g/mol. The average Bonchev–Trinajstić information content (AvgIpc) is 2.14. The van der Waals surface area contributed by atoms with E-state index in [2.05, 4.69) is 0 Å². The summed E-state index contributed by atoms with van der Waals surface area (Å²) in [5.41, 5.74) is 0. The molecule has 0 bridgehead atoms. The molecule has 0 aliphatic heterocycles. The highest BCUT2D eigenvalue weighted by atomic mass is 35.5. The number of aliphatic hydroxyl groups excluding tert-OH is 1. The fourth-order valence-corrected chi connectivity index (χ4v) is 0.403. The molecule has 0 aromatic carbocycles. The van der Waals surface area contributed by atoms with Gasteiger partial charge in [0.25, 0.3) is 0 Å². The highest BCUT2D eigenvalue weighted by molar-refractivity contribution is 5.85. The first-order chi connectivity index (χ1) is 3.43. The SMILES string of the molecule is Cl.OCc1ccco1. The number of aliphatic hydroxyl groups is 1. The van der Waals surface area contributed by atoms with Crippen molar-refractivity contribution in [1.82, 2.24) is 0 Å². The Morgan fingerprint density at radius 1 is 1.62 bits per heavy atom. The molecular weight excluding hydrogens is 128 g/mol. The third kappa shape index (κ3) is 1.56. The van der Waals surface area contributed by atoms with Crippen LogP contribution in [-0.2, 0) is 6.61 Å². The summed E-state index contributed by atoms with van der Waals surface area (Å²) in [5.74, 6) is 0.611. The second-order valence-electron chi connectivity index (χ2n) is 1.24. The van der Waals surface area contributed by atoms with Crippen LogP contribution in [0.15, 0.2) is 22.8 Å². The van der Waals surface area contributed by atoms with Gasteiger partial charge in [0, 0.05) is 0 Å². The molecule has 0 spiro atoms. The summed E-state index contributed by atoms with van der Waals surface area (Å²) in [6.07, 6.45) is 1.53. The van der Waals surface area contributed by atoms with Gasteiger partial charge in [0.1, 0.15) is 12.4 Å². The van der Waals surface area contributed by atoms with Crippen molar-refractivity contribution >= 4 is 12.4 Å². The van der Waals surface area contributed by atoms with Gasteiger partial charge >= 0.3 is 0 Å². The Morgan fingerprint density at radius 2 is 2.38 bits per heavy atom. The maximum Gasteiger partial charge on any atom is 0.129 e. The lowest BCUT2D eigenvalue weighted by Crippen LogP contribution is -1.72. The Labute approximate surface area is 53.5 Å². The molecular formula is C5H7ClO2. The van der Waals surface area contributed by atoms with Crippen molar-refractivity contribution in [3.63, 3.8) is 0 Å². The summed E-state index contributed by atoms with van der Waals surface area (Å²) in [4.78, 5) is 0. The predicted octanol–water partition coefficient (Wildman–Crippen LogP) is 1.19. The first kappa shape index (κ1) is 7.53. The van der Waals surface area contributed by atoms with E-state index in [4.69, 9.17) is 9.52 Å². The highest BCUT2D eigenvalue weighted by Crippen LogP contribution is 1.96. The van der Waals surface area contributed by atoms with Crippen LogP contribution in [0.3, 0.4) is 0 Å². The molecule has 0 saturated carbocycles. The third-order valence-corrected chi connectivity index (χ3v) is 0.736. The number of hydrogen-bond donors (Lipinski definition) is 1. The zero-order valence-electron chi connectivity index (χ0n) is 4.20. The van der Waals surface area contributed by atoms with Gasteiger partial charge in [-0.3, -0.25) is 0 Å². The Morgan fingerprint density at radius 3 is 2.62 bits per heavy atom. The lowest BCUT2D eigenvalue weighted by molar-refractivity contribution is 0.247. The number of hydrogen-bond acceptors (Lipinski definition) is 2. The molecule has 0 atom stereocenters. The molecule has 0 aliphatic rings. The maximum atomic E-state index is 8.33. The van der Waals surface area contributed by atoms with Crippen molar-refractivity contribution in [1.29, 1.82) is 0 Å². The molecule has 0 fully saturated rings. The first-order valence-corrected chi connectivity index (χ1v) is 2.06. The van der Waals surface area contributed by atoms with Gasteiger partial charge in [-0.15, -0.1) is 12.4 Å². The Kier molecular flexibility index (Phi) is 3.31. The van der Waals surface area contributed by atoms with Gasteiger partial charge in [-0.25, -0.2) is 0 Å². The van der Waals surface area contributed by atoms with Crippen molar-refractivity contribution in [2.45, 2.75) is 6.61 Å². The molecule has 46 valence electrons. The molecule has 1 rings (SSSR count). The summed E-state index contributed by atoms with van der Waals surface area (Å²) in [6, 6.07) is 3.46. The fraction of sp³-hybridized carbons (Fsp3) is 0.200. The minimum absolute atomic E-state index is 0. The topological polar surface area (TPSA) is 33.4 Å². The normalized spacial score (nSPS) is 8.12. The molecule has 0 unspecified atom stereocenters. The second kappa shape index (κ2) is 3.52. The number of furan rings is 1. The van der Waals surface area contributed by atoms with Gasteiger partial charge in [-0.05, 0) is 12.1 Å². The standard InChI is InChI=1S/C5H6O2.ClH/c6-4-5-2-1-3-7-5;/h1-3,6H,4H2;1H. The van der Waals surface area contributed by atoms with Crippen LogP contribution >= 0.6 is 12.4 Å². The molecule has 1 aromatic heterocycles. The quantitative estimate of drug-likeness (QED) is 0.626. The van der Waals surface area contributed by atoms with E-state index >= 15 is 0 Å². The minimum atomic E-state index is -0.00694. The molecule has 1 N–H and O–H groups in total. The van der Waals surface area contributed by atoms with Crippen LogP contribution in [0.5, 0.6) is 0 Å². The zero-order valence-corrected chi connectivity index (χ0v) is 5.02. The van der Waals surface area contributed by atoms with Crippen LogP contribution in [0.4, 0.5) is 0 Å². The largest absolute Gasteiger partial charge is 0.467 e. The first-order valence-electron chi connectivity index (χ1n) is 2.06. The maximum absolute atomic E-state index is 8.33. The van der Waals surface area contributed by atoms with E-state index in [1.165, 1.54) is 6.26 Å². The molecule has 8 heavy (non-hydrogen) atoms. The van der Waals surface area contributed by atoms with Crippen LogP contribution in [0.2, 0.25) is 0 Å². The van der Waals surface area contributed by atoms with Crippen molar-refractivity contribution in [2.75, 3.05) is 0 Å². The molecule has 3 heteroatoms. The number of rotatable bonds is 1. The third-order valence-electron chi connectivity index (χ3n) is 0.736. The molecule has 0 saturated heterocycles. The fourth-order valence-electron chi connectivity index (χ4n) is 0.403. The Hall–Kier alpha value is -0.470. The van der Waals surface area contributed by atoms with Gasteiger partial charge in [-0.2, -0.15) is 0 Å².